The molecule has 1 aromatic carbocycles. The number of carbonyl (C=O) groups is 2. The van der Waals surface area contributed by atoms with E-state index in [0.717, 1.165) is 17.8 Å². The van der Waals surface area contributed by atoms with Crippen molar-refractivity contribution in [2.24, 2.45) is 4.99 Å². The molecule has 1 aliphatic rings. The van der Waals surface area contributed by atoms with Crippen LogP contribution in [0.4, 0.5) is 5.69 Å². The van der Waals surface area contributed by atoms with Gasteiger partial charge in [0.05, 0.1) is 21.8 Å². The molecule has 2 aromatic rings. The minimum atomic E-state index is -1.22. The van der Waals surface area contributed by atoms with Gasteiger partial charge >= 0.3 is 5.97 Å². The van der Waals surface area contributed by atoms with Crippen molar-refractivity contribution in [2.45, 2.75) is 0 Å². The van der Waals surface area contributed by atoms with E-state index < -0.39 is 5.97 Å². The predicted octanol–water partition coefficient (Wildman–Crippen LogP) is 3.28. The number of carboxylic acids is 1. The van der Waals surface area contributed by atoms with Gasteiger partial charge < -0.3 is 10.2 Å². The highest BCUT2D eigenvalue weighted by atomic mass is 32.2. The van der Waals surface area contributed by atoms with E-state index in [1.54, 1.807) is 30.5 Å². The first kappa shape index (κ1) is 18.4. The van der Waals surface area contributed by atoms with Gasteiger partial charge in [-0.2, -0.15) is 0 Å². The molecule has 0 unspecified atom stereocenters. The largest absolute Gasteiger partial charge is 0.508 e. The lowest BCUT2D eigenvalue weighted by Crippen LogP contribution is -2.29. The number of thioether (sulfide) groups is 1. The number of aromatic carboxylic acids is 1. The Labute approximate surface area is 159 Å². The molecular weight excluding hydrogens is 366 g/mol. The van der Waals surface area contributed by atoms with E-state index in [2.05, 4.69) is 16.6 Å². The zero-order chi connectivity index (χ0) is 19.4. The molecule has 0 atom stereocenters. The third-order valence-corrected chi connectivity index (χ3v) is 4.60. The van der Waals surface area contributed by atoms with Crippen molar-refractivity contribution in [1.82, 2.24) is 9.88 Å². The second-order valence-electron chi connectivity index (χ2n) is 5.47. The maximum Gasteiger partial charge on any atom is 0.338 e. The molecule has 1 saturated heterocycles. The summed E-state index contributed by atoms with van der Waals surface area (Å²) in [5.74, 6) is -1.66. The van der Waals surface area contributed by atoms with Crippen LogP contribution in [0.2, 0.25) is 0 Å². The molecule has 0 saturated carbocycles. The number of benzene rings is 1. The maximum absolute atomic E-state index is 12.7. The summed E-state index contributed by atoms with van der Waals surface area (Å²) in [5.41, 5.74) is 0.615. The van der Waals surface area contributed by atoms with Crippen LogP contribution in [0.5, 0.6) is 5.75 Å². The van der Waals surface area contributed by atoms with E-state index in [4.69, 9.17) is 0 Å². The lowest BCUT2D eigenvalue weighted by molar-refractivity contribution is -0.121. The normalized spacial score (nSPS) is 16.9. The Morgan fingerprint density at radius 2 is 2.15 bits per heavy atom. The Balaban J connectivity index is 2.03. The lowest BCUT2D eigenvalue weighted by atomic mass is 10.2. The van der Waals surface area contributed by atoms with Crippen LogP contribution in [0, 0.1) is 0 Å². The standard InChI is InChI=1S/C19H15N3O4S/c1-2-9-22-17(24)16(10-12-5-3-4-8-20-12)27-19(22)21-15-7-6-13(23)11-14(15)18(25)26/h2-8,10-11,23H,1,9H2,(H,25,26)/b16-10-,21-19?. The molecule has 136 valence electrons. The Kier molecular flexibility index (Phi) is 5.37. The summed E-state index contributed by atoms with van der Waals surface area (Å²) in [6.07, 6.45) is 4.84. The molecule has 0 radical (unpaired) electrons. The van der Waals surface area contributed by atoms with Gasteiger partial charge in [0.25, 0.3) is 5.91 Å². The van der Waals surface area contributed by atoms with Crippen molar-refractivity contribution in [1.29, 1.82) is 0 Å². The van der Waals surface area contributed by atoms with Gasteiger partial charge in [-0.1, -0.05) is 12.1 Å². The molecular formula is C19H15N3O4S. The summed E-state index contributed by atoms with van der Waals surface area (Å²) in [6.45, 7) is 3.88. The molecule has 1 amide bonds. The van der Waals surface area contributed by atoms with Crippen molar-refractivity contribution >= 4 is 40.6 Å². The number of aromatic hydroxyl groups is 1. The first-order valence-electron chi connectivity index (χ1n) is 7.88. The summed E-state index contributed by atoms with van der Waals surface area (Å²) in [4.78, 5) is 34.5. The number of aliphatic imine (C=N–C) groups is 1. The van der Waals surface area contributed by atoms with Gasteiger partial charge in [-0.3, -0.25) is 14.7 Å². The Bertz CT molecular complexity index is 970. The summed E-state index contributed by atoms with van der Waals surface area (Å²) in [7, 11) is 0. The molecule has 0 aliphatic carbocycles. The number of aromatic nitrogens is 1. The van der Waals surface area contributed by atoms with Crippen LogP contribution in [-0.4, -0.2) is 43.7 Å². The molecule has 1 aromatic heterocycles. The third kappa shape index (κ3) is 4.06. The maximum atomic E-state index is 12.7. The van der Waals surface area contributed by atoms with Crippen LogP contribution in [0.3, 0.4) is 0 Å². The Morgan fingerprint density at radius 3 is 2.81 bits per heavy atom. The number of amidine groups is 1. The van der Waals surface area contributed by atoms with Gasteiger partial charge in [0.2, 0.25) is 0 Å². The summed E-state index contributed by atoms with van der Waals surface area (Å²) < 4.78 is 0. The number of carboxylic acid groups (broad SMARTS) is 1. The fourth-order valence-electron chi connectivity index (χ4n) is 2.37. The van der Waals surface area contributed by atoms with E-state index in [9.17, 15) is 19.8 Å². The summed E-state index contributed by atoms with van der Waals surface area (Å²) in [5, 5.41) is 19.2. The van der Waals surface area contributed by atoms with Crippen LogP contribution >= 0.6 is 11.8 Å². The van der Waals surface area contributed by atoms with Crippen LogP contribution in [-0.2, 0) is 4.79 Å². The highest BCUT2D eigenvalue weighted by Gasteiger charge is 2.33. The number of pyridine rings is 1. The van der Waals surface area contributed by atoms with Crippen molar-refractivity contribution in [2.75, 3.05) is 6.54 Å². The number of amides is 1. The van der Waals surface area contributed by atoms with E-state index >= 15 is 0 Å². The molecule has 2 N–H and O–H groups in total. The van der Waals surface area contributed by atoms with Gasteiger partial charge in [0, 0.05) is 12.7 Å². The highest BCUT2D eigenvalue weighted by Crippen LogP contribution is 2.35. The number of nitrogens with zero attached hydrogens (tertiary/aromatic N) is 3. The van der Waals surface area contributed by atoms with Crippen LogP contribution in [0.25, 0.3) is 6.08 Å². The molecule has 1 fully saturated rings. The number of phenols is 1. The average Bonchev–Trinajstić information content (AvgIpc) is 2.93. The first-order valence-corrected chi connectivity index (χ1v) is 8.69. The van der Waals surface area contributed by atoms with Crippen LogP contribution < -0.4 is 0 Å². The quantitative estimate of drug-likeness (QED) is 0.609. The summed E-state index contributed by atoms with van der Waals surface area (Å²) in [6, 6.07) is 9.22. The second kappa shape index (κ2) is 7.88. The topological polar surface area (TPSA) is 103 Å². The van der Waals surface area contributed by atoms with Gasteiger partial charge in [0.15, 0.2) is 5.17 Å². The number of hydrogen-bond acceptors (Lipinski definition) is 6. The minimum Gasteiger partial charge on any atom is -0.508 e. The molecule has 3 rings (SSSR count). The molecule has 0 spiro atoms. The number of phenolic OH excluding ortho intramolecular Hbond substituents is 1. The first-order chi connectivity index (χ1) is 13.0. The molecule has 8 heteroatoms. The fraction of sp³-hybridized carbons (Fsp3) is 0.0526. The van der Waals surface area contributed by atoms with E-state index in [0.29, 0.717) is 15.8 Å². The molecule has 1 aliphatic heterocycles. The monoisotopic (exact) mass is 381 g/mol. The fourth-order valence-corrected chi connectivity index (χ4v) is 3.36. The molecule has 0 bridgehead atoms. The van der Waals surface area contributed by atoms with E-state index in [-0.39, 0.29) is 29.5 Å². The second-order valence-corrected chi connectivity index (χ2v) is 6.48. The Hall–Kier alpha value is -3.39. The smallest absolute Gasteiger partial charge is 0.338 e. The van der Waals surface area contributed by atoms with E-state index in [1.165, 1.54) is 17.0 Å². The van der Waals surface area contributed by atoms with Crippen LogP contribution in [0.15, 0.2) is 65.1 Å². The van der Waals surface area contributed by atoms with Crippen molar-refractivity contribution in [3.05, 3.63) is 71.4 Å². The van der Waals surface area contributed by atoms with Crippen LogP contribution in [0.1, 0.15) is 16.1 Å². The zero-order valence-corrected chi connectivity index (χ0v) is 14.9. The molecule has 27 heavy (non-hydrogen) atoms. The number of carbonyl (C=O) groups excluding carboxylic acids is 1. The van der Waals surface area contributed by atoms with Gasteiger partial charge in [-0.15, -0.1) is 6.58 Å². The van der Waals surface area contributed by atoms with Crippen molar-refractivity contribution in [3.8, 4) is 5.75 Å². The lowest BCUT2D eigenvalue weighted by Gasteiger charge is -2.13. The van der Waals surface area contributed by atoms with Gasteiger partial charge in [0.1, 0.15) is 5.75 Å². The predicted molar refractivity (Wildman–Crippen MR) is 104 cm³/mol. The van der Waals surface area contributed by atoms with Crippen molar-refractivity contribution in [3.63, 3.8) is 0 Å². The van der Waals surface area contributed by atoms with E-state index in [1.807, 2.05) is 6.07 Å². The summed E-state index contributed by atoms with van der Waals surface area (Å²) >= 11 is 1.13. The highest BCUT2D eigenvalue weighted by molar-refractivity contribution is 8.18. The molecule has 2 heterocycles. The number of hydrogen-bond donors (Lipinski definition) is 2. The SMILES string of the molecule is C=CCN1C(=O)/C(=C/c2ccccn2)SC1=Nc1ccc(O)cc1C(=O)O. The van der Waals surface area contributed by atoms with Gasteiger partial charge in [-0.05, 0) is 48.2 Å². The van der Waals surface area contributed by atoms with Crippen molar-refractivity contribution < 1.29 is 19.8 Å². The molecule has 7 nitrogen and oxygen atoms in total. The number of rotatable bonds is 5. The minimum absolute atomic E-state index is 0.142. The Morgan fingerprint density at radius 1 is 1.33 bits per heavy atom. The van der Waals surface area contributed by atoms with Gasteiger partial charge in [-0.25, -0.2) is 9.79 Å². The zero-order valence-electron chi connectivity index (χ0n) is 14.1. The third-order valence-electron chi connectivity index (χ3n) is 3.59. The average molecular weight is 381 g/mol.